The van der Waals surface area contributed by atoms with Gasteiger partial charge in [-0.2, -0.15) is 5.26 Å². The predicted octanol–water partition coefficient (Wildman–Crippen LogP) is 2.23. The molecule has 2 aromatic rings. The Morgan fingerprint density at radius 3 is 2.90 bits per heavy atom. The van der Waals surface area contributed by atoms with Crippen LogP contribution in [0.25, 0.3) is 11.0 Å². The number of pyridine rings is 1. The lowest BCUT2D eigenvalue weighted by atomic mass is 10.1. The molecule has 2 heterocycles. The monoisotopic (exact) mass is 271 g/mol. The maximum Gasteiger partial charge on any atom is 0.325 e. The standard InChI is InChI=1S/C15H17N3O2/c1-3-12-5-6-13-11(7-8-16)9-18(15(13)17-12)10-14(19)20-4-2/h5-6,9H,3-4,7,10H2,1-2H3. The van der Waals surface area contributed by atoms with E-state index < -0.39 is 0 Å². The molecule has 0 aliphatic carbocycles. The van der Waals surface area contributed by atoms with Crippen molar-refractivity contribution in [1.29, 1.82) is 5.26 Å². The number of rotatable bonds is 5. The van der Waals surface area contributed by atoms with E-state index in [1.807, 2.05) is 25.3 Å². The summed E-state index contributed by atoms with van der Waals surface area (Å²) in [6.45, 7) is 4.29. The van der Waals surface area contributed by atoms with Crippen molar-refractivity contribution in [2.45, 2.75) is 33.2 Å². The van der Waals surface area contributed by atoms with Crippen molar-refractivity contribution in [1.82, 2.24) is 9.55 Å². The number of carbonyl (C=O) groups is 1. The van der Waals surface area contributed by atoms with Gasteiger partial charge in [-0.05, 0) is 31.0 Å². The molecule has 0 aliphatic heterocycles. The van der Waals surface area contributed by atoms with Gasteiger partial charge in [0.15, 0.2) is 0 Å². The Morgan fingerprint density at radius 1 is 1.45 bits per heavy atom. The minimum absolute atomic E-state index is 0.121. The predicted molar refractivity (Wildman–Crippen MR) is 75.1 cm³/mol. The first-order valence-electron chi connectivity index (χ1n) is 6.69. The molecule has 104 valence electrons. The van der Waals surface area contributed by atoms with E-state index in [0.717, 1.165) is 28.7 Å². The molecule has 0 unspecified atom stereocenters. The first kappa shape index (κ1) is 14.1. The lowest BCUT2D eigenvalue weighted by Crippen LogP contribution is -2.13. The molecule has 0 bridgehead atoms. The van der Waals surface area contributed by atoms with Gasteiger partial charge in [0.2, 0.25) is 0 Å². The number of ether oxygens (including phenoxy) is 1. The zero-order valence-electron chi connectivity index (χ0n) is 11.7. The third-order valence-corrected chi connectivity index (χ3v) is 3.10. The largest absolute Gasteiger partial charge is 0.465 e. The molecule has 0 saturated heterocycles. The Labute approximate surface area is 117 Å². The third kappa shape index (κ3) is 2.80. The summed E-state index contributed by atoms with van der Waals surface area (Å²) in [6, 6.07) is 6.06. The van der Waals surface area contributed by atoms with Gasteiger partial charge in [-0.3, -0.25) is 4.79 Å². The van der Waals surface area contributed by atoms with Crippen LogP contribution in [0.4, 0.5) is 0 Å². The number of aromatic nitrogens is 2. The van der Waals surface area contributed by atoms with Crippen LogP contribution < -0.4 is 0 Å². The molecule has 0 aromatic carbocycles. The molecule has 0 atom stereocenters. The highest BCUT2D eigenvalue weighted by molar-refractivity contribution is 5.82. The van der Waals surface area contributed by atoms with Crippen molar-refractivity contribution >= 4 is 17.0 Å². The number of hydrogen-bond acceptors (Lipinski definition) is 4. The Bertz CT molecular complexity index is 668. The summed E-state index contributed by atoms with van der Waals surface area (Å²) in [5.41, 5.74) is 2.59. The maximum atomic E-state index is 11.6. The Morgan fingerprint density at radius 2 is 2.25 bits per heavy atom. The fourth-order valence-corrected chi connectivity index (χ4v) is 2.17. The van der Waals surface area contributed by atoms with Crippen LogP contribution in [0.3, 0.4) is 0 Å². The Kier molecular flexibility index (Phi) is 4.36. The fraction of sp³-hybridized carbons (Fsp3) is 0.400. The summed E-state index contributed by atoms with van der Waals surface area (Å²) >= 11 is 0. The summed E-state index contributed by atoms with van der Waals surface area (Å²) in [5.74, 6) is -0.295. The highest BCUT2D eigenvalue weighted by Crippen LogP contribution is 2.21. The molecule has 20 heavy (non-hydrogen) atoms. The van der Waals surface area contributed by atoms with Gasteiger partial charge >= 0.3 is 5.97 Å². The van der Waals surface area contributed by atoms with Crippen LogP contribution in [0.5, 0.6) is 0 Å². The summed E-state index contributed by atoms with van der Waals surface area (Å²) < 4.78 is 6.73. The first-order valence-corrected chi connectivity index (χ1v) is 6.69. The molecule has 0 radical (unpaired) electrons. The van der Waals surface area contributed by atoms with E-state index in [4.69, 9.17) is 10.00 Å². The molecule has 0 fully saturated rings. The Balaban J connectivity index is 2.46. The van der Waals surface area contributed by atoms with Crippen LogP contribution in [-0.4, -0.2) is 22.1 Å². The van der Waals surface area contributed by atoms with Gasteiger partial charge in [0, 0.05) is 17.3 Å². The van der Waals surface area contributed by atoms with Crippen molar-refractivity contribution in [3.05, 3.63) is 29.6 Å². The first-order chi connectivity index (χ1) is 9.69. The lowest BCUT2D eigenvalue weighted by molar-refractivity contribution is -0.143. The van der Waals surface area contributed by atoms with Crippen LogP contribution in [0.15, 0.2) is 18.3 Å². The molecule has 0 spiro atoms. The summed E-state index contributed by atoms with van der Waals surface area (Å²) in [4.78, 5) is 16.2. The maximum absolute atomic E-state index is 11.6. The second-order valence-electron chi connectivity index (χ2n) is 4.45. The normalized spacial score (nSPS) is 10.4. The van der Waals surface area contributed by atoms with Crippen molar-refractivity contribution < 1.29 is 9.53 Å². The molecule has 5 heteroatoms. The lowest BCUT2D eigenvalue weighted by Gasteiger charge is -2.05. The third-order valence-electron chi connectivity index (χ3n) is 3.10. The molecular formula is C15H17N3O2. The van der Waals surface area contributed by atoms with E-state index in [0.29, 0.717) is 13.0 Å². The molecule has 0 saturated carbocycles. The highest BCUT2D eigenvalue weighted by Gasteiger charge is 2.13. The van der Waals surface area contributed by atoms with E-state index in [2.05, 4.69) is 11.1 Å². The van der Waals surface area contributed by atoms with Crippen molar-refractivity contribution in [2.24, 2.45) is 0 Å². The molecule has 0 amide bonds. The SMILES string of the molecule is CCOC(=O)Cn1cc(CC#N)c2ccc(CC)nc21. The van der Waals surface area contributed by atoms with Gasteiger partial charge in [-0.25, -0.2) is 4.98 Å². The van der Waals surface area contributed by atoms with Crippen molar-refractivity contribution in [3.63, 3.8) is 0 Å². The minimum Gasteiger partial charge on any atom is -0.465 e. The quantitative estimate of drug-likeness (QED) is 0.782. The van der Waals surface area contributed by atoms with Gasteiger partial charge in [0.05, 0.1) is 19.1 Å². The number of nitriles is 1. The average Bonchev–Trinajstić information content (AvgIpc) is 2.77. The minimum atomic E-state index is -0.295. The fourth-order valence-electron chi connectivity index (χ4n) is 2.17. The smallest absolute Gasteiger partial charge is 0.325 e. The van der Waals surface area contributed by atoms with Gasteiger partial charge in [-0.15, -0.1) is 0 Å². The number of hydrogen-bond donors (Lipinski definition) is 0. The van der Waals surface area contributed by atoms with Gasteiger partial charge in [-0.1, -0.05) is 6.92 Å². The number of nitrogens with zero attached hydrogens (tertiary/aromatic N) is 3. The van der Waals surface area contributed by atoms with E-state index in [1.54, 1.807) is 11.5 Å². The second kappa shape index (κ2) is 6.20. The van der Waals surface area contributed by atoms with Gasteiger partial charge < -0.3 is 9.30 Å². The molecule has 5 nitrogen and oxygen atoms in total. The molecule has 2 aromatic heterocycles. The molecule has 2 rings (SSSR count). The van der Waals surface area contributed by atoms with Crippen LogP contribution in [0.2, 0.25) is 0 Å². The molecular weight excluding hydrogens is 254 g/mol. The molecule has 0 N–H and O–H groups in total. The number of aryl methyl sites for hydroxylation is 1. The number of esters is 1. The van der Waals surface area contributed by atoms with Gasteiger partial charge in [0.1, 0.15) is 12.2 Å². The highest BCUT2D eigenvalue weighted by atomic mass is 16.5. The number of fused-ring (bicyclic) bond motifs is 1. The molecule has 0 aliphatic rings. The average molecular weight is 271 g/mol. The number of carbonyl (C=O) groups excluding carboxylic acids is 1. The van der Waals surface area contributed by atoms with Crippen LogP contribution in [-0.2, 0) is 28.9 Å². The zero-order chi connectivity index (χ0) is 14.5. The van der Waals surface area contributed by atoms with Gasteiger partial charge in [0.25, 0.3) is 0 Å². The van der Waals surface area contributed by atoms with Crippen LogP contribution >= 0.6 is 0 Å². The summed E-state index contributed by atoms with van der Waals surface area (Å²) in [7, 11) is 0. The van der Waals surface area contributed by atoms with E-state index >= 15 is 0 Å². The van der Waals surface area contributed by atoms with Crippen molar-refractivity contribution in [2.75, 3.05) is 6.61 Å². The summed E-state index contributed by atoms with van der Waals surface area (Å²) in [6.07, 6.45) is 2.95. The zero-order valence-corrected chi connectivity index (χ0v) is 11.7. The van der Waals surface area contributed by atoms with Crippen LogP contribution in [0, 0.1) is 11.3 Å². The topological polar surface area (TPSA) is 67.9 Å². The van der Waals surface area contributed by atoms with E-state index in [-0.39, 0.29) is 12.5 Å². The summed E-state index contributed by atoms with van der Waals surface area (Å²) in [5, 5.41) is 9.81. The second-order valence-corrected chi connectivity index (χ2v) is 4.45. The van der Waals surface area contributed by atoms with E-state index in [9.17, 15) is 4.79 Å². The van der Waals surface area contributed by atoms with E-state index in [1.165, 1.54) is 0 Å². The van der Waals surface area contributed by atoms with Crippen molar-refractivity contribution in [3.8, 4) is 6.07 Å². The van der Waals surface area contributed by atoms with Crippen LogP contribution in [0.1, 0.15) is 25.1 Å². The Hall–Kier alpha value is -2.35.